The maximum absolute atomic E-state index is 9.09. The van der Waals surface area contributed by atoms with Crippen molar-refractivity contribution in [2.45, 2.75) is 13.5 Å². The maximum Gasteiger partial charge on any atom is 0.222 e. The molecular weight excluding hydrogens is 252 g/mol. The van der Waals surface area contributed by atoms with Crippen LogP contribution in [-0.2, 0) is 6.61 Å². The number of aliphatic hydroxyl groups excluding tert-OH is 1. The molecule has 0 aliphatic carbocycles. The Hall–Kier alpha value is -2.46. The van der Waals surface area contributed by atoms with Crippen molar-refractivity contribution in [3.63, 3.8) is 0 Å². The second-order valence-electron chi connectivity index (χ2n) is 4.56. The molecule has 1 aromatic carbocycles. The van der Waals surface area contributed by atoms with Crippen molar-refractivity contribution >= 4 is 10.9 Å². The Balaban J connectivity index is 2.01. The summed E-state index contributed by atoms with van der Waals surface area (Å²) in [6.45, 7) is 1.88. The van der Waals surface area contributed by atoms with Crippen molar-refractivity contribution in [1.29, 1.82) is 0 Å². The van der Waals surface area contributed by atoms with Gasteiger partial charge in [0.05, 0.1) is 6.61 Å². The summed E-state index contributed by atoms with van der Waals surface area (Å²) in [6.07, 6.45) is 3.35. The first-order chi connectivity index (χ1) is 9.78. The largest absolute Gasteiger partial charge is 0.436 e. The predicted molar refractivity (Wildman–Crippen MR) is 76.7 cm³/mol. The molecule has 2 heterocycles. The van der Waals surface area contributed by atoms with E-state index in [1.54, 1.807) is 12.4 Å². The standard InChI is InChI=1S/C16H14N2O2/c1-11-8-12(10-19)9-18-16(11)20-14-6-2-4-13-5-3-7-17-15(13)14/h2-9,19H,10H2,1H3. The Morgan fingerprint density at radius 1 is 1.15 bits per heavy atom. The molecule has 20 heavy (non-hydrogen) atoms. The molecule has 0 saturated carbocycles. The topological polar surface area (TPSA) is 55.2 Å². The number of nitrogens with zero attached hydrogens (tertiary/aromatic N) is 2. The average molecular weight is 266 g/mol. The Bertz CT molecular complexity index is 751. The van der Waals surface area contributed by atoms with E-state index in [1.165, 1.54) is 0 Å². The summed E-state index contributed by atoms with van der Waals surface area (Å²) in [5.74, 6) is 1.20. The van der Waals surface area contributed by atoms with Crippen molar-refractivity contribution in [2.24, 2.45) is 0 Å². The molecule has 100 valence electrons. The molecule has 0 fully saturated rings. The van der Waals surface area contributed by atoms with Crippen LogP contribution in [-0.4, -0.2) is 15.1 Å². The average Bonchev–Trinajstić information content (AvgIpc) is 2.49. The SMILES string of the molecule is Cc1cc(CO)cnc1Oc1cccc2cccnc12. The van der Waals surface area contributed by atoms with Gasteiger partial charge in [-0.05, 0) is 30.7 Å². The first-order valence-electron chi connectivity index (χ1n) is 6.36. The molecule has 0 aliphatic heterocycles. The van der Waals surface area contributed by atoms with Crippen molar-refractivity contribution < 1.29 is 9.84 Å². The third-order valence-corrected chi connectivity index (χ3v) is 3.07. The Morgan fingerprint density at radius 3 is 2.80 bits per heavy atom. The van der Waals surface area contributed by atoms with Gasteiger partial charge in [0.25, 0.3) is 0 Å². The van der Waals surface area contributed by atoms with Gasteiger partial charge in [-0.15, -0.1) is 0 Å². The lowest BCUT2D eigenvalue weighted by molar-refractivity contribution is 0.281. The smallest absolute Gasteiger partial charge is 0.222 e. The summed E-state index contributed by atoms with van der Waals surface area (Å²) >= 11 is 0. The molecule has 1 N–H and O–H groups in total. The minimum absolute atomic E-state index is 0.0239. The van der Waals surface area contributed by atoms with E-state index in [1.807, 2.05) is 43.3 Å². The summed E-state index contributed by atoms with van der Waals surface area (Å²) in [5.41, 5.74) is 2.46. The molecule has 4 nitrogen and oxygen atoms in total. The highest BCUT2D eigenvalue weighted by Crippen LogP contribution is 2.28. The number of pyridine rings is 2. The van der Waals surface area contributed by atoms with E-state index in [2.05, 4.69) is 9.97 Å². The van der Waals surface area contributed by atoms with Crippen LogP contribution in [0.15, 0.2) is 48.8 Å². The summed E-state index contributed by atoms with van der Waals surface area (Å²) in [7, 11) is 0. The van der Waals surface area contributed by atoms with E-state index in [9.17, 15) is 0 Å². The molecule has 0 saturated heterocycles. The van der Waals surface area contributed by atoms with Crippen LogP contribution < -0.4 is 4.74 Å². The second-order valence-corrected chi connectivity index (χ2v) is 4.56. The fourth-order valence-corrected chi connectivity index (χ4v) is 2.08. The van der Waals surface area contributed by atoms with Crippen LogP contribution in [0.3, 0.4) is 0 Å². The van der Waals surface area contributed by atoms with Crippen LogP contribution in [0.25, 0.3) is 10.9 Å². The van der Waals surface area contributed by atoms with Crippen molar-refractivity contribution in [1.82, 2.24) is 9.97 Å². The number of aryl methyl sites for hydroxylation is 1. The van der Waals surface area contributed by atoms with Gasteiger partial charge in [-0.3, -0.25) is 4.98 Å². The molecule has 0 radical (unpaired) electrons. The fourth-order valence-electron chi connectivity index (χ4n) is 2.08. The van der Waals surface area contributed by atoms with Gasteiger partial charge in [-0.2, -0.15) is 0 Å². The lowest BCUT2D eigenvalue weighted by Gasteiger charge is -2.10. The number of aromatic nitrogens is 2. The number of aliphatic hydroxyl groups is 1. The van der Waals surface area contributed by atoms with Gasteiger partial charge in [-0.25, -0.2) is 4.98 Å². The number of benzene rings is 1. The number of hydrogen-bond donors (Lipinski definition) is 1. The summed E-state index contributed by atoms with van der Waals surface area (Å²) < 4.78 is 5.87. The van der Waals surface area contributed by atoms with E-state index in [0.29, 0.717) is 11.6 Å². The second kappa shape index (κ2) is 5.27. The number of fused-ring (bicyclic) bond motifs is 1. The van der Waals surface area contributed by atoms with Crippen LogP contribution in [0.5, 0.6) is 11.6 Å². The molecule has 3 aromatic rings. The highest BCUT2D eigenvalue weighted by molar-refractivity contribution is 5.84. The highest BCUT2D eigenvalue weighted by Gasteiger charge is 2.08. The molecule has 2 aromatic heterocycles. The molecule has 0 atom stereocenters. The molecule has 4 heteroatoms. The van der Waals surface area contributed by atoms with Crippen molar-refractivity contribution in [3.8, 4) is 11.6 Å². The van der Waals surface area contributed by atoms with Gasteiger partial charge in [0, 0.05) is 23.3 Å². The van der Waals surface area contributed by atoms with E-state index in [4.69, 9.17) is 9.84 Å². The first kappa shape index (κ1) is 12.6. The van der Waals surface area contributed by atoms with Gasteiger partial charge in [0.15, 0.2) is 5.75 Å². The minimum Gasteiger partial charge on any atom is -0.436 e. The molecular formula is C16H14N2O2. The quantitative estimate of drug-likeness (QED) is 0.790. The zero-order valence-corrected chi connectivity index (χ0v) is 11.1. The predicted octanol–water partition coefficient (Wildman–Crippen LogP) is 3.22. The van der Waals surface area contributed by atoms with Gasteiger partial charge >= 0.3 is 0 Å². The van der Waals surface area contributed by atoms with E-state index in [-0.39, 0.29) is 6.61 Å². The maximum atomic E-state index is 9.09. The summed E-state index contributed by atoms with van der Waals surface area (Å²) in [5, 5.41) is 10.1. The van der Waals surface area contributed by atoms with Crippen molar-refractivity contribution in [3.05, 3.63) is 59.9 Å². The number of ether oxygens (including phenoxy) is 1. The monoisotopic (exact) mass is 266 g/mol. The minimum atomic E-state index is -0.0239. The third-order valence-electron chi connectivity index (χ3n) is 3.07. The van der Waals surface area contributed by atoms with Crippen LogP contribution in [0.1, 0.15) is 11.1 Å². The van der Waals surface area contributed by atoms with E-state index >= 15 is 0 Å². The molecule has 0 bridgehead atoms. The first-order valence-corrected chi connectivity index (χ1v) is 6.36. The van der Waals surface area contributed by atoms with E-state index in [0.717, 1.165) is 22.0 Å². The lowest BCUT2D eigenvalue weighted by Crippen LogP contribution is -1.95. The van der Waals surface area contributed by atoms with Crippen LogP contribution >= 0.6 is 0 Å². The van der Waals surface area contributed by atoms with Crippen LogP contribution in [0.4, 0.5) is 0 Å². The number of rotatable bonds is 3. The summed E-state index contributed by atoms with van der Waals surface area (Å²) in [4.78, 5) is 8.59. The van der Waals surface area contributed by atoms with Crippen LogP contribution in [0.2, 0.25) is 0 Å². The van der Waals surface area contributed by atoms with Gasteiger partial charge < -0.3 is 9.84 Å². The van der Waals surface area contributed by atoms with Gasteiger partial charge in [-0.1, -0.05) is 18.2 Å². The molecule has 0 aliphatic rings. The van der Waals surface area contributed by atoms with Crippen LogP contribution in [0, 0.1) is 6.92 Å². The van der Waals surface area contributed by atoms with Gasteiger partial charge in [0.2, 0.25) is 5.88 Å². The molecule has 0 unspecified atom stereocenters. The van der Waals surface area contributed by atoms with Gasteiger partial charge in [0.1, 0.15) is 5.52 Å². The zero-order valence-electron chi connectivity index (χ0n) is 11.1. The van der Waals surface area contributed by atoms with Crippen molar-refractivity contribution in [2.75, 3.05) is 0 Å². The number of para-hydroxylation sites is 1. The molecule has 3 rings (SSSR count). The molecule has 0 amide bonds. The summed E-state index contributed by atoms with van der Waals surface area (Å²) in [6, 6.07) is 11.5. The zero-order chi connectivity index (χ0) is 13.9. The fraction of sp³-hybridized carbons (Fsp3) is 0.125. The normalized spacial score (nSPS) is 10.7. The Morgan fingerprint density at radius 2 is 2.00 bits per heavy atom. The van der Waals surface area contributed by atoms with E-state index < -0.39 is 0 Å². The lowest BCUT2D eigenvalue weighted by atomic mass is 10.2. The Labute approximate surface area is 116 Å². The Kier molecular flexibility index (Phi) is 3.31. The third kappa shape index (κ3) is 2.33. The highest BCUT2D eigenvalue weighted by atomic mass is 16.5. The molecule has 0 spiro atoms. The number of hydrogen-bond acceptors (Lipinski definition) is 4.